The van der Waals surface area contributed by atoms with Gasteiger partial charge in [0.1, 0.15) is 13.2 Å². The molecule has 0 aliphatic carbocycles. The van der Waals surface area contributed by atoms with E-state index in [1.165, 1.54) is 128 Å². The van der Waals surface area contributed by atoms with Gasteiger partial charge in [0, 0.05) is 25.9 Å². The quantitative estimate of drug-likeness (QED) is 0.0387. The molecule has 0 rings (SSSR count). The Morgan fingerprint density at radius 2 is 0.800 bits per heavy atom. The zero-order valence-corrected chi connectivity index (χ0v) is 33.5. The summed E-state index contributed by atoms with van der Waals surface area (Å²) in [6.07, 6.45) is 31.7. The Balaban J connectivity index is 4.25. The average Bonchev–Trinajstić information content (AvgIpc) is 3.11. The maximum Gasteiger partial charge on any atom is 0.407 e. The van der Waals surface area contributed by atoms with Crippen molar-refractivity contribution < 1.29 is 28.6 Å². The average molecular weight is 711 g/mol. The van der Waals surface area contributed by atoms with Gasteiger partial charge < -0.3 is 24.4 Å². The second-order valence-electron chi connectivity index (χ2n) is 14.3. The fourth-order valence-electron chi connectivity index (χ4n) is 6.26. The van der Waals surface area contributed by atoms with Crippen molar-refractivity contribution in [3.8, 4) is 0 Å². The van der Waals surface area contributed by atoms with Crippen molar-refractivity contribution in [3.63, 3.8) is 0 Å². The lowest BCUT2D eigenvalue weighted by molar-refractivity contribution is -0.152. The molecule has 8 nitrogen and oxygen atoms in total. The van der Waals surface area contributed by atoms with E-state index in [0.29, 0.717) is 19.4 Å². The Bertz CT molecular complexity index is 715. The molecule has 0 bridgehead atoms. The van der Waals surface area contributed by atoms with Crippen molar-refractivity contribution in [2.45, 2.75) is 214 Å². The van der Waals surface area contributed by atoms with Crippen molar-refractivity contribution >= 4 is 18.0 Å². The summed E-state index contributed by atoms with van der Waals surface area (Å²) in [4.78, 5) is 39.6. The van der Waals surface area contributed by atoms with Crippen LogP contribution in [-0.4, -0.2) is 68.4 Å². The van der Waals surface area contributed by atoms with Gasteiger partial charge in [0.25, 0.3) is 0 Å². The zero-order chi connectivity index (χ0) is 36.8. The summed E-state index contributed by atoms with van der Waals surface area (Å²) in [6, 6.07) is 0. The summed E-state index contributed by atoms with van der Waals surface area (Å²) >= 11 is 0. The molecule has 296 valence electrons. The van der Waals surface area contributed by atoms with Gasteiger partial charge in [-0.05, 0) is 25.9 Å². The summed E-state index contributed by atoms with van der Waals surface area (Å²) in [6.45, 7) is 11.4. The lowest BCUT2D eigenvalue weighted by Gasteiger charge is -2.20. The lowest BCUT2D eigenvalue weighted by atomic mass is 10.0. The first-order valence-electron chi connectivity index (χ1n) is 21.4. The molecule has 8 heteroatoms. The SMILES string of the molecule is CCCCCCCCCCCCCCCC(=O)OCC(COC(=O)CCCCCCCCCCCCCCC)OC(=O)NCCN(CC)CC. The molecule has 50 heavy (non-hydrogen) atoms. The van der Waals surface area contributed by atoms with Crippen LogP contribution < -0.4 is 5.32 Å². The second kappa shape index (κ2) is 38.4. The molecule has 1 amide bonds. The predicted octanol–water partition coefficient (Wildman–Crippen LogP) is 11.5. The first-order chi connectivity index (χ1) is 24.5. The number of esters is 2. The topological polar surface area (TPSA) is 94.2 Å². The summed E-state index contributed by atoms with van der Waals surface area (Å²) in [5.41, 5.74) is 0. The van der Waals surface area contributed by atoms with Crippen LogP contribution in [0.1, 0.15) is 207 Å². The number of nitrogens with one attached hydrogen (secondary N) is 1. The number of rotatable bonds is 38. The molecule has 0 spiro atoms. The van der Waals surface area contributed by atoms with Crippen LogP contribution in [0.15, 0.2) is 0 Å². The lowest BCUT2D eigenvalue weighted by Crippen LogP contribution is -2.39. The van der Waals surface area contributed by atoms with Crippen molar-refractivity contribution in [3.05, 3.63) is 0 Å². The maximum absolute atomic E-state index is 12.5. The molecule has 0 heterocycles. The van der Waals surface area contributed by atoms with Gasteiger partial charge in [-0.25, -0.2) is 4.79 Å². The van der Waals surface area contributed by atoms with E-state index in [4.69, 9.17) is 14.2 Å². The zero-order valence-electron chi connectivity index (χ0n) is 33.5. The van der Waals surface area contributed by atoms with Gasteiger partial charge in [0.2, 0.25) is 0 Å². The summed E-state index contributed by atoms with van der Waals surface area (Å²) in [5, 5.41) is 2.76. The van der Waals surface area contributed by atoms with Crippen LogP contribution in [0.25, 0.3) is 0 Å². The van der Waals surface area contributed by atoms with Gasteiger partial charge in [-0.1, -0.05) is 182 Å². The highest BCUT2D eigenvalue weighted by atomic mass is 16.6. The number of hydrogen-bond donors (Lipinski definition) is 1. The van der Waals surface area contributed by atoms with Gasteiger partial charge in [0.15, 0.2) is 6.10 Å². The molecule has 0 aliphatic heterocycles. The molecule has 0 atom stereocenters. The molecule has 0 fully saturated rings. The second-order valence-corrected chi connectivity index (χ2v) is 14.3. The highest BCUT2D eigenvalue weighted by Gasteiger charge is 2.19. The summed E-state index contributed by atoms with van der Waals surface area (Å²) in [7, 11) is 0. The first kappa shape index (κ1) is 48.2. The summed E-state index contributed by atoms with van der Waals surface area (Å²) < 4.78 is 16.4. The molecule has 0 saturated heterocycles. The van der Waals surface area contributed by atoms with Crippen molar-refractivity contribution in [2.75, 3.05) is 39.4 Å². The molecule has 0 saturated carbocycles. The molecule has 0 aromatic heterocycles. The molecule has 1 N–H and O–H groups in total. The maximum atomic E-state index is 12.5. The van der Waals surface area contributed by atoms with Crippen LogP contribution >= 0.6 is 0 Å². The van der Waals surface area contributed by atoms with Gasteiger partial charge in [0.05, 0.1) is 0 Å². The number of unbranched alkanes of at least 4 members (excludes halogenated alkanes) is 24. The Hall–Kier alpha value is -1.83. The Kier molecular flexibility index (Phi) is 37.0. The van der Waals surface area contributed by atoms with Crippen molar-refractivity contribution in [1.29, 1.82) is 0 Å². The van der Waals surface area contributed by atoms with E-state index < -0.39 is 12.2 Å². The van der Waals surface area contributed by atoms with Gasteiger partial charge in [-0.2, -0.15) is 0 Å². The van der Waals surface area contributed by atoms with E-state index in [0.717, 1.165) is 58.2 Å². The number of hydrogen-bond acceptors (Lipinski definition) is 7. The largest absolute Gasteiger partial charge is 0.462 e. The molecule has 0 aliphatic rings. The molecule has 0 unspecified atom stereocenters. The number of alkyl carbamates (subject to hydrolysis) is 1. The van der Waals surface area contributed by atoms with Crippen LogP contribution in [0, 0.1) is 0 Å². The van der Waals surface area contributed by atoms with Crippen LogP contribution in [0.2, 0.25) is 0 Å². The van der Waals surface area contributed by atoms with Gasteiger partial charge >= 0.3 is 18.0 Å². The van der Waals surface area contributed by atoms with E-state index in [2.05, 4.69) is 37.9 Å². The molecule has 0 aromatic rings. The standard InChI is InChI=1S/C42H82N2O6/c1-5-9-11-13-15-17-19-21-23-25-27-29-31-33-40(45)48-37-39(50-42(47)43-35-36-44(7-3)8-4)38-49-41(46)34-32-30-28-26-24-22-20-18-16-14-12-10-6-2/h39H,5-38H2,1-4H3,(H,43,47). The van der Waals surface area contributed by atoms with Gasteiger partial charge in [-0.3, -0.25) is 9.59 Å². The molecular weight excluding hydrogens is 628 g/mol. The highest BCUT2D eigenvalue weighted by Crippen LogP contribution is 2.15. The number of carbonyl (C=O) groups is 3. The normalized spacial score (nSPS) is 11.3. The van der Waals surface area contributed by atoms with Crippen LogP contribution in [-0.2, 0) is 23.8 Å². The number of likely N-dealkylation sites (N-methyl/N-ethyl adjacent to an activating group) is 1. The number of carbonyl (C=O) groups excluding carboxylic acids is 3. The first-order valence-corrected chi connectivity index (χ1v) is 21.4. The minimum Gasteiger partial charge on any atom is -0.462 e. The Morgan fingerprint density at radius 1 is 0.480 bits per heavy atom. The molecule has 0 aromatic carbocycles. The Labute approximate surface area is 309 Å². The van der Waals surface area contributed by atoms with Crippen molar-refractivity contribution in [2.24, 2.45) is 0 Å². The van der Waals surface area contributed by atoms with Crippen molar-refractivity contribution in [1.82, 2.24) is 10.2 Å². The molecule has 0 radical (unpaired) electrons. The van der Waals surface area contributed by atoms with E-state index in [1.54, 1.807) is 0 Å². The van der Waals surface area contributed by atoms with E-state index in [-0.39, 0.29) is 25.2 Å². The minimum atomic E-state index is -0.838. The smallest absolute Gasteiger partial charge is 0.407 e. The predicted molar refractivity (Wildman–Crippen MR) is 209 cm³/mol. The van der Waals surface area contributed by atoms with Crippen LogP contribution in [0.3, 0.4) is 0 Å². The third kappa shape index (κ3) is 34.6. The third-order valence-corrected chi connectivity index (χ3v) is 9.69. The third-order valence-electron chi connectivity index (χ3n) is 9.69. The van der Waals surface area contributed by atoms with E-state index in [1.807, 2.05) is 0 Å². The number of ether oxygens (including phenoxy) is 3. The highest BCUT2D eigenvalue weighted by molar-refractivity contribution is 5.70. The number of nitrogens with zero attached hydrogens (tertiary/aromatic N) is 1. The minimum absolute atomic E-state index is 0.118. The monoisotopic (exact) mass is 711 g/mol. The van der Waals surface area contributed by atoms with Crippen LogP contribution in [0.4, 0.5) is 4.79 Å². The van der Waals surface area contributed by atoms with E-state index in [9.17, 15) is 14.4 Å². The summed E-state index contributed by atoms with van der Waals surface area (Å²) in [5.74, 6) is -0.608. The van der Waals surface area contributed by atoms with Gasteiger partial charge in [-0.15, -0.1) is 0 Å². The van der Waals surface area contributed by atoms with Crippen LogP contribution in [0.5, 0.6) is 0 Å². The molecular formula is C42H82N2O6. The van der Waals surface area contributed by atoms with E-state index >= 15 is 0 Å². The fourth-order valence-corrected chi connectivity index (χ4v) is 6.26. The number of amides is 1. The fraction of sp³-hybridized carbons (Fsp3) is 0.929. The Morgan fingerprint density at radius 3 is 1.12 bits per heavy atom.